The molecule has 0 amide bonds. The van der Waals surface area contributed by atoms with Crippen molar-refractivity contribution in [1.82, 2.24) is 5.32 Å². The van der Waals surface area contributed by atoms with Gasteiger partial charge in [0.2, 0.25) is 0 Å². The van der Waals surface area contributed by atoms with E-state index in [0.717, 1.165) is 42.4 Å². The molecule has 2 atom stereocenters. The fourth-order valence-electron chi connectivity index (χ4n) is 5.90. The average Bonchev–Trinajstić information content (AvgIpc) is 2.70. The summed E-state index contributed by atoms with van der Waals surface area (Å²) in [6.07, 6.45) is 12.6. The first-order valence-electron chi connectivity index (χ1n) is 13.4. The molecule has 3 nitrogen and oxygen atoms in total. The summed E-state index contributed by atoms with van der Waals surface area (Å²) in [5, 5.41) is 25.1. The van der Waals surface area contributed by atoms with Crippen molar-refractivity contribution >= 4 is 0 Å². The molecule has 3 N–H and O–H groups in total. The molecule has 34 heavy (non-hydrogen) atoms. The Balaban J connectivity index is 0.000000340. The highest BCUT2D eigenvalue weighted by Gasteiger charge is 2.32. The van der Waals surface area contributed by atoms with Gasteiger partial charge in [0.15, 0.2) is 0 Å². The number of benzene rings is 1. The molecular weight excluding hydrogens is 418 g/mol. The number of piperidine rings is 1. The van der Waals surface area contributed by atoms with Crippen LogP contribution in [0.5, 0.6) is 11.5 Å². The van der Waals surface area contributed by atoms with Gasteiger partial charge in [0, 0.05) is 22.6 Å². The molecule has 1 aliphatic heterocycles. The van der Waals surface area contributed by atoms with Crippen LogP contribution in [-0.4, -0.2) is 21.3 Å². The Bertz CT molecular complexity index is 864. The minimum atomic E-state index is 0.0136. The van der Waals surface area contributed by atoms with Gasteiger partial charge in [-0.25, -0.2) is 0 Å². The third-order valence-corrected chi connectivity index (χ3v) is 7.72. The lowest BCUT2D eigenvalue weighted by Crippen LogP contribution is -2.55. The third-order valence-electron chi connectivity index (χ3n) is 7.72. The summed E-state index contributed by atoms with van der Waals surface area (Å²) in [6.45, 7) is 21.6. The molecule has 1 aromatic rings. The molecule has 1 saturated heterocycles. The van der Waals surface area contributed by atoms with Gasteiger partial charge in [0.1, 0.15) is 11.5 Å². The fraction of sp³-hybridized carbons (Fsp3) is 0.677. The van der Waals surface area contributed by atoms with Gasteiger partial charge in [-0.2, -0.15) is 0 Å². The highest BCUT2D eigenvalue weighted by Crippen LogP contribution is 2.47. The molecule has 3 rings (SSSR count). The number of unbranched alkanes of at least 4 members (excludes halogenated alkanes) is 2. The molecule has 0 unspecified atom stereocenters. The number of aromatic hydroxyl groups is 2. The minimum Gasteiger partial charge on any atom is -0.507 e. The van der Waals surface area contributed by atoms with E-state index in [9.17, 15) is 10.2 Å². The van der Waals surface area contributed by atoms with E-state index in [1.165, 1.54) is 37.7 Å². The molecule has 3 heteroatoms. The molecule has 0 radical (unpaired) electrons. The number of phenolic OH excluding ortho intramolecular Hbond substituents is 2. The standard InChI is InChI=1S/C22H32O2.C9H19N/c1-6-7-8-9-17-13-20(23)21(22(24)16(17)5)19-12-15(4)10-11-18(19)14(2)3;1-8(2)6-5-7-9(3,4)10-8/h12-13,18-19,23-24H,2,6-11H2,1,3-5H3;10H,5-7H2,1-4H3/t18-,19+;/m0./s1. The first-order valence-corrected chi connectivity index (χ1v) is 13.4. The number of hydrogen-bond acceptors (Lipinski definition) is 3. The zero-order chi connectivity index (χ0) is 25.7. The van der Waals surface area contributed by atoms with Crippen molar-refractivity contribution in [3.63, 3.8) is 0 Å². The fourth-order valence-corrected chi connectivity index (χ4v) is 5.90. The molecular formula is C31H51NO2. The van der Waals surface area contributed by atoms with Gasteiger partial charge in [-0.15, -0.1) is 0 Å². The minimum absolute atomic E-state index is 0.0136. The van der Waals surface area contributed by atoms with Crippen molar-refractivity contribution in [3.05, 3.63) is 46.6 Å². The first-order chi connectivity index (χ1) is 15.8. The Morgan fingerprint density at radius 3 is 2.21 bits per heavy atom. The van der Waals surface area contributed by atoms with Crippen molar-refractivity contribution in [2.45, 2.75) is 130 Å². The topological polar surface area (TPSA) is 52.5 Å². The summed E-state index contributed by atoms with van der Waals surface area (Å²) in [7, 11) is 0. The van der Waals surface area contributed by atoms with E-state index in [1.54, 1.807) is 0 Å². The van der Waals surface area contributed by atoms with E-state index in [0.29, 0.717) is 16.6 Å². The highest BCUT2D eigenvalue weighted by atomic mass is 16.3. The van der Waals surface area contributed by atoms with Crippen LogP contribution in [0.1, 0.15) is 122 Å². The Kier molecular flexibility index (Phi) is 9.89. The number of rotatable bonds is 6. The first kappa shape index (κ1) is 28.5. The Morgan fingerprint density at radius 2 is 1.71 bits per heavy atom. The number of phenols is 2. The molecule has 0 aromatic heterocycles. The molecule has 2 aliphatic rings. The van der Waals surface area contributed by atoms with Crippen LogP contribution in [0.2, 0.25) is 0 Å². The van der Waals surface area contributed by atoms with Crippen LogP contribution in [0.25, 0.3) is 0 Å². The Labute approximate surface area is 209 Å². The summed E-state index contributed by atoms with van der Waals surface area (Å²) >= 11 is 0. The van der Waals surface area contributed by atoms with Crippen LogP contribution < -0.4 is 5.32 Å². The largest absolute Gasteiger partial charge is 0.507 e. The molecule has 1 heterocycles. The lowest BCUT2D eigenvalue weighted by atomic mass is 9.73. The predicted octanol–water partition coefficient (Wildman–Crippen LogP) is 8.47. The van der Waals surface area contributed by atoms with E-state index in [4.69, 9.17) is 0 Å². The van der Waals surface area contributed by atoms with E-state index < -0.39 is 0 Å². The van der Waals surface area contributed by atoms with Crippen LogP contribution in [0.4, 0.5) is 0 Å². The van der Waals surface area contributed by atoms with Gasteiger partial charge in [0.25, 0.3) is 0 Å². The Morgan fingerprint density at radius 1 is 1.09 bits per heavy atom. The van der Waals surface area contributed by atoms with Crippen molar-refractivity contribution in [2.24, 2.45) is 5.92 Å². The predicted molar refractivity (Wildman–Crippen MR) is 147 cm³/mol. The molecule has 0 saturated carbocycles. The lowest BCUT2D eigenvalue weighted by Gasteiger charge is -2.42. The molecule has 0 bridgehead atoms. The Hall–Kier alpha value is -1.74. The maximum Gasteiger partial charge on any atom is 0.126 e. The molecule has 1 aliphatic carbocycles. The average molecular weight is 470 g/mol. The normalized spacial score (nSPS) is 23.5. The summed E-state index contributed by atoms with van der Waals surface area (Å²) in [5.74, 6) is 0.783. The van der Waals surface area contributed by atoms with E-state index >= 15 is 0 Å². The second-order valence-electron chi connectivity index (χ2n) is 12.2. The zero-order valence-corrected chi connectivity index (χ0v) is 23.3. The van der Waals surface area contributed by atoms with Crippen LogP contribution in [0, 0.1) is 12.8 Å². The van der Waals surface area contributed by atoms with Gasteiger partial charge in [-0.3, -0.25) is 0 Å². The van der Waals surface area contributed by atoms with E-state index in [-0.39, 0.29) is 23.3 Å². The molecule has 192 valence electrons. The third kappa shape index (κ3) is 7.63. The van der Waals surface area contributed by atoms with Crippen LogP contribution in [0.15, 0.2) is 29.9 Å². The molecule has 1 aromatic carbocycles. The zero-order valence-electron chi connectivity index (χ0n) is 23.3. The van der Waals surface area contributed by atoms with Crippen LogP contribution in [0.3, 0.4) is 0 Å². The highest BCUT2D eigenvalue weighted by molar-refractivity contribution is 5.56. The number of nitrogens with one attached hydrogen (secondary N) is 1. The van der Waals surface area contributed by atoms with Crippen molar-refractivity contribution in [3.8, 4) is 11.5 Å². The van der Waals surface area contributed by atoms with Gasteiger partial charge in [0.05, 0.1) is 0 Å². The summed E-state index contributed by atoms with van der Waals surface area (Å²) in [4.78, 5) is 0. The maximum atomic E-state index is 10.8. The second-order valence-corrected chi connectivity index (χ2v) is 12.2. The molecule has 0 spiro atoms. The summed E-state index contributed by atoms with van der Waals surface area (Å²) in [5.41, 5.74) is 5.82. The number of aryl methyl sites for hydroxylation is 1. The number of allylic oxidation sites excluding steroid dienone is 3. The van der Waals surface area contributed by atoms with Crippen LogP contribution >= 0.6 is 0 Å². The van der Waals surface area contributed by atoms with Gasteiger partial charge < -0.3 is 15.5 Å². The van der Waals surface area contributed by atoms with Gasteiger partial charge >= 0.3 is 0 Å². The quantitative estimate of drug-likeness (QED) is 0.289. The maximum absolute atomic E-state index is 10.8. The van der Waals surface area contributed by atoms with Crippen LogP contribution in [-0.2, 0) is 6.42 Å². The van der Waals surface area contributed by atoms with Gasteiger partial charge in [-0.1, -0.05) is 43.6 Å². The van der Waals surface area contributed by atoms with Crippen molar-refractivity contribution in [1.29, 1.82) is 0 Å². The monoisotopic (exact) mass is 469 g/mol. The second kappa shape index (κ2) is 11.8. The summed E-state index contributed by atoms with van der Waals surface area (Å²) < 4.78 is 0. The summed E-state index contributed by atoms with van der Waals surface area (Å²) in [6, 6.07) is 1.87. The molecule has 1 fully saturated rings. The lowest BCUT2D eigenvalue weighted by molar-refractivity contribution is 0.183. The SMILES string of the molecule is C=C(C)[C@@H]1CCC(C)=C[C@H]1c1c(O)cc(CCCCC)c(C)c1O.CC1(C)CCCC(C)(C)N1. The van der Waals surface area contributed by atoms with Gasteiger partial charge in [-0.05, 0) is 117 Å². The number of hydrogen-bond donors (Lipinski definition) is 3. The van der Waals surface area contributed by atoms with Crippen molar-refractivity contribution < 1.29 is 10.2 Å². The van der Waals surface area contributed by atoms with E-state index in [1.807, 2.05) is 19.9 Å². The van der Waals surface area contributed by atoms with E-state index in [2.05, 4.69) is 59.5 Å². The van der Waals surface area contributed by atoms with Crippen molar-refractivity contribution in [2.75, 3.05) is 0 Å². The smallest absolute Gasteiger partial charge is 0.126 e.